The zero-order chi connectivity index (χ0) is 12.7. The van der Waals surface area contributed by atoms with Crippen LogP contribution in [0.25, 0.3) is 0 Å². The Hall–Kier alpha value is -0.580. The highest BCUT2D eigenvalue weighted by molar-refractivity contribution is 9.10. The molecule has 96 valence electrons. The second kappa shape index (κ2) is 7.69. The van der Waals surface area contributed by atoms with Crippen molar-refractivity contribution < 1.29 is 9.84 Å². The van der Waals surface area contributed by atoms with Crippen molar-refractivity contribution in [3.8, 4) is 5.75 Å². The summed E-state index contributed by atoms with van der Waals surface area (Å²) < 4.78 is 6.42. The molecule has 0 aliphatic heterocycles. The van der Waals surface area contributed by atoms with Crippen LogP contribution in [-0.2, 0) is 6.54 Å². The van der Waals surface area contributed by atoms with Crippen molar-refractivity contribution in [2.75, 3.05) is 13.2 Å². The Balaban J connectivity index is 2.58. The number of halogens is 1. The van der Waals surface area contributed by atoms with Crippen LogP contribution in [0.5, 0.6) is 5.75 Å². The first kappa shape index (κ1) is 14.5. The monoisotopic (exact) mass is 301 g/mol. The average molecular weight is 302 g/mol. The molecule has 1 rings (SSSR count). The van der Waals surface area contributed by atoms with E-state index in [1.54, 1.807) is 0 Å². The van der Waals surface area contributed by atoms with Gasteiger partial charge in [-0.15, -0.1) is 0 Å². The van der Waals surface area contributed by atoms with E-state index in [0.717, 1.165) is 23.2 Å². The molecule has 0 spiro atoms. The van der Waals surface area contributed by atoms with Gasteiger partial charge in [0.2, 0.25) is 0 Å². The fourth-order valence-corrected chi connectivity index (χ4v) is 2.07. The number of hydrogen-bond acceptors (Lipinski definition) is 3. The summed E-state index contributed by atoms with van der Waals surface area (Å²) in [6, 6.07) is 6.21. The van der Waals surface area contributed by atoms with Gasteiger partial charge in [0.1, 0.15) is 5.75 Å². The van der Waals surface area contributed by atoms with E-state index in [0.29, 0.717) is 6.61 Å². The van der Waals surface area contributed by atoms with Crippen LogP contribution in [0.2, 0.25) is 0 Å². The Kier molecular flexibility index (Phi) is 6.55. The number of benzene rings is 1. The van der Waals surface area contributed by atoms with Crippen molar-refractivity contribution in [2.45, 2.75) is 32.9 Å². The molecule has 0 aromatic heterocycles. The van der Waals surface area contributed by atoms with Crippen molar-refractivity contribution in [3.63, 3.8) is 0 Å². The fourth-order valence-electron chi connectivity index (χ4n) is 1.53. The first-order valence-electron chi connectivity index (χ1n) is 5.96. The second-order valence-corrected chi connectivity index (χ2v) is 4.72. The predicted molar refractivity (Wildman–Crippen MR) is 73.3 cm³/mol. The molecule has 1 atom stereocenters. The fraction of sp³-hybridized carbons (Fsp3) is 0.538. The highest BCUT2D eigenvalue weighted by atomic mass is 79.9. The quantitative estimate of drug-likeness (QED) is 0.814. The normalized spacial score (nSPS) is 12.5. The summed E-state index contributed by atoms with van der Waals surface area (Å²) in [5, 5.41) is 12.4. The van der Waals surface area contributed by atoms with Gasteiger partial charge in [0.05, 0.1) is 17.7 Å². The highest BCUT2D eigenvalue weighted by Crippen LogP contribution is 2.25. The highest BCUT2D eigenvalue weighted by Gasteiger charge is 2.05. The molecular weight excluding hydrogens is 282 g/mol. The molecule has 0 aliphatic rings. The summed E-state index contributed by atoms with van der Waals surface area (Å²) in [5.74, 6) is 0.866. The van der Waals surface area contributed by atoms with Crippen LogP contribution in [0.1, 0.15) is 25.8 Å². The van der Waals surface area contributed by atoms with E-state index in [4.69, 9.17) is 9.84 Å². The van der Waals surface area contributed by atoms with Crippen molar-refractivity contribution in [1.82, 2.24) is 5.32 Å². The van der Waals surface area contributed by atoms with Gasteiger partial charge in [0.15, 0.2) is 0 Å². The van der Waals surface area contributed by atoms with Crippen LogP contribution in [0, 0.1) is 0 Å². The van der Waals surface area contributed by atoms with E-state index in [9.17, 15) is 0 Å². The van der Waals surface area contributed by atoms with E-state index in [1.807, 2.05) is 25.1 Å². The van der Waals surface area contributed by atoms with Gasteiger partial charge in [0, 0.05) is 12.6 Å². The van der Waals surface area contributed by atoms with Crippen LogP contribution >= 0.6 is 15.9 Å². The van der Waals surface area contributed by atoms with Crippen molar-refractivity contribution >= 4 is 15.9 Å². The molecule has 0 aliphatic carbocycles. The minimum absolute atomic E-state index is 0.167. The largest absolute Gasteiger partial charge is 0.493 e. The molecule has 1 aromatic carbocycles. The summed E-state index contributed by atoms with van der Waals surface area (Å²) in [4.78, 5) is 0. The number of nitrogens with one attached hydrogen (secondary N) is 1. The van der Waals surface area contributed by atoms with Crippen molar-refractivity contribution in [2.24, 2.45) is 0 Å². The molecule has 17 heavy (non-hydrogen) atoms. The lowest BCUT2D eigenvalue weighted by atomic mass is 10.2. The van der Waals surface area contributed by atoms with Gasteiger partial charge in [-0.05, 0) is 47.0 Å². The molecule has 0 heterocycles. The van der Waals surface area contributed by atoms with Gasteiger partial charge in [-0.2, -0.15) is 0 Å². The van der Waals surface area contributed by atoms with Crippen molar-refractivity contribution in [3.05, 3.63) is 28.2 Å². The third-order valence-corrected chi connectivity index (χ3v) is 3.22. The Morgan fingerprint density at radius 2 is 2.18 bits per heavy atom. The SMILES string of the molecule is CCOc1ccc(CNC(CC)CO)cc1Br. The first-order valence-corrected chi connectivity index (χ1v) is 6.76. The first-order chi connectivity index (χ1) is 8.21. The van der Waals surface area contributed by atoms with Gasteiger partial charge in [0.25, 0.3) is 0 Å². The van der Waals surface area contributed by atoms with E-state index in [2.05, 4.69) is 28.2 Å². The molecular formula is C13H20BrNO2. The average Bonchev–Trinajstić information content (AvgIpc) is 2.34. The van der Waals surface area contributed by atoms with Gasteiger partial charge < -0.3 is 15.2 Å². The summed E-state index contributed by atoms with van der Waals surface area (Å²) in [6.07, 6.45) is 0.925. The minimum atomic E-state index is 0.167. The third-order valence-electron chi connectivity index (χ3n) is 2.60. The Labute approximate surface area is 111 Å². The standard InChI is InChI=1S/C13H20BrNO2/c1-3-11(9-16)15-8-10-5-6-13(17-4-2)12(14)7-10/h5-7,11,15-16H,3-4,8-9H2,1-2H3. The molecule has 1 aromatic rings. The maximum absolute atomic E-state index is 9.08. The molecule has 3 nitrogen and oxygen atoms in total. The number of ether oxygens (including phenoxy) is 1. The topological polar surface area (TPSA) is 41.5 Å². The van der Waals surface area contributed by atoms with Gasteiger partial charge in [-0.1, -0.05) is 13.0 Å². The Bertz CT molecular complexity index is 340. The van der Waals surface area contributed by atoms with Crippen molar-refractivity contribution in [1.29, 1.82) is 0 Å². The third kappa shape index (κ3) is 4.66. The molecule has 0 fully saturated rings. The van der Waals surface area contributed by atoms with E-state index in [1.165, 1.54) is 5.56 Å². The van der Waals surface area contributed by atoms with Gasteiger partial charge >= 0.3 is 0 Å². The summed E-state index contributed by atoms with van der Waals surface area (Å²) >= 11 is 3.49. The summed E-state index contributed by atoms with van der Waals surface area (Å²) in [7, 11) is 0. The van der Waals surface area contributed by atoms with Crippen LogP contribution in [-0.4, -0.2) is 24.4 Å². The molecule has 2 N–H and O–H groups in total. The lowest BCUT2D eigenvalue weighted by Gasteiger charge is -2.14. The number of aliphatic hydroxyl groups excluding tert-OH is 1. The van der Waals surface area contributed by atoms with E-state index < -0.39 is 0 Å². The van der Waals surface area contributed by atoms with E-state index >= 15 is 0 Å². The van der Waals surface area contributed by atoms with Gasteiger partial charge in [-0.25, -0.2) is 0 Å². The summed E-state index contributed by atoms with van der Waals surface area (Å²) in [5.41, 5.74) is 1.17. The van der Waals surface area contributed by atoms with Gasteiger partial charge in [-0.3, -0.25) is 0 Å². The predicted octanol–water partition coefficient (Wildman–Crippen LogP) is 2.71. The number of hydrogen-bond donors (Lipinski definition) is 2. The lowest BCUT2D eigenvalue weighted by Crippen LogP contribution is -2.31. The molecule has 4 heteroatoms. The van der Waals surface area contributed by atoms with Crippen LogP contribution in [0.15, 0.2) is 22.7 Å². The number of rotatable bonds is 7. The molecule has 0 amide bonds. The second-order valence-electron chi connectivity index (χ2n) is 3.87. The zero-order valence-electron chi connectivity index (χ0n) is 10.4. The zero-order valence-corrected chi connectivity index (χ0v) is 12.0. The molecule has 1 unspecified atom stereocenters. The maximum atomic E-state index is 9.08. The Morgan fingerprint density at radius 1 is 1.41 bits per heavy atom. The minimum Gasteiger partial charge on any atom is -0.493 e. The molecule has 0 saturated heterocycles. The smallest absolute Gasteiger partial charge is 0.133 e. The summed E-state index contributed by atoms with van der Waals surface area (Å²) in [6.45, 7) is 5.62. The van der Waals surface area contributed by atoms with Crippen LogP contribution < -0.4 is 10.1 Å². The van der Waals surface area contributed by atoms with Crippen LogP contribution in [0.4, 0.5) is 0 Å². The Morgan fingerprint density at radius 3 is 2.71 bits per heavy atom. The molecule has 0 radical (unpaired) electrons. The lowest BCUT2D eigenvalue weighted by molar-refractivity contribution is 0.238. The van der Waals surface area contributed by atoms with E-state index in [-0.39, 0.29) is 12.6 Å². The molecule has 0 bridgehead atoms. The number of aliphatic hydroxyl groups is 1. The molecule has 0 saturated carbocycles. The van der Waals surface area contributed by atoms with Crippen LogP contribution in [0.3, 0.4) is 0 Å². The maximum Gasteiger partial charge on any atom is 0.133 e.